The van der Waals surface area contributed by atoms with Crippen LogP contribution in [0.15, 0.2) is 36.4 Å². The van der Waals surface area contributed by atoms with Gasteiger partial charge < -0.3 is 5.32 Å². The lowest BCUT2D eigenvalue weighted by molar-refractivity contribution is 0.617. The van der Waals surface area contributed by atoms with E-state index < -0.39 is 0 Å². The first-order valence-corrected chi connectivity index (χ1v) is 7.24. The molecule has 0 aliphatic heterocycles. The summed E-state index contributed by atoms with van der Waals surface area (Å²) in [6.45, 7) is 0.708. The van der Waals surface area contributed by atoms with Gasteiger partial charge in [-0.25, -0.2) is 4.39 Å². The van der Waals surface area contributed by atoms with E-state index in [1.54, 1.807) is 36.0 Å². The molecule has 6 heteroatoms. The fourth-order valence-electron chi connectivity index (χ4n) is 1.54. The molecule has 0 spiro atoms. The predicted octanol–water partition coefficient (Wildman–Crippen LogP) is 2.83. The predicted molar refractivity (Wildman–Crippen MR) is 77.8 cm³/mol. The highest BCUT2D eigenvalue weighted by Crippen LogP contribution is 2.15. The molecule has 0 bridgehead atoms. The van der Waals surface area contributed by atoms with Crippen molar-refractivity contribution in [1.29, 1.82) is 5.26 Å². The molecule has 1 aromatic heterocycles. The second kappa shape index (κ2) is 7.46. The number of benzene rings is 1. The van der Waals surface area contributed by atoms with Gasteiger partial charge in [-0.1, -0.05) is 18.2 Å². The van der Waals surface area contributed by atoms with E-state index in [2.05, 4.69) is 15.5 Å². The average molecular weight is 288 g/mol. The van der Waals surface area contributed by atoms with Crippen molar-refractivity contribution < 1.29 is 4.39 Å². The highest BCUT2D eigenvalue weighted by atomic mass is 32.2. The maximum atomic E-state index is 13.4. The van der Waals surface area contributed by atoms with Crippen LogP contribution >= 0.6 is 11.8 Å². The molecule has 0 amide bonds. The van der Waals surface area contributed by atoms with Gasteiger partial charge in [0.1, 0.15) is 17.7 Å². The summed E-state index contributed by atoms with van der Waals surface area (Å²) in [7, 11) is 0. The van der Waals surface area contributed by atoms with Gasteiger partial charge in [-0.15, -0.1) is 10.2 Å². The van der Waals surface area contributed by atoms with Crippen LogP contribution in [0.3, 0.4) is 0 Å². The lowest BCUT2D eigenvalue weighted by Crippen LogP contribution is -2.06. The van der Waals surface area contributed by atoms with E-state index in [1.165, 1.54) is 6.07 Å². The number of thioether (sulfide) groups is 1. The van der Waals surface area contributed by atoms with E-state index in [0.29, 0.717) is 23.8 Å². The molecule has 2 aromatic rings. The van der Waals surface area contributed by atoms with Crippen LogP contribution in [0.2, 0.25) is 0 Å². The molecule has 0 saturated carbocycles. The molecule has 1 heterocycles. The molecule has 1 aromatic carbocycles. The molecule has 0 aliphatic rings. The van der Waals surface area contributed by atoms with Crippen LogP contribution in [0.5, 0.6) is 0 Å². The van der Waals surface area contributed by atoms with Gasteiger partial charge in [0.15, 0.2) is 5.69 Å². The highest BCUT2D eigenvalue weighted by Gasteiger charge is 2.00. The van der Waals surface area contributed by atoms with Crippen LogP contribution in [0.1, 0.15) is 11.3 Å². The van der Waals surface area contributed by atoms with E-state index in [1.807, 2.05) is 12.1 Å². The van der Waals surface area contributed by atoms with Crippen LogP contribution < -0.4 is 5.32 Å². The van der Waals surface area contributed by atoms with Gasteiger partial charge in [-0.3, -0.25) is 0 Å². The van der Waals surface area contributed by atoms with Crippen molar-refractivity contribution in [2.24, 2.45) is 0 Å². The normalized spacial score (nSPS) is 10.0. The van der Waals surface area contributed by atoms with Crippen molar-refractivity contribution in [3.63, 3.8) is 0 Å². The van der Waals surface area contributed by atoms with Crippen molar-refractivity contribution in [1.82, 2.24) is 10.2 Å². The Kier molecular flexibility index (Phi) is 5.33. The molecule has 0 radical (unpaired) electrons. The second-order valence-corrected chi connectivity index (χ2v) is 5.09. The topological polar surface area (TPSA) is 61.6 Å². The van der Waals surface area contributed by atoms with Crippen molar-refractivity contribution >= 4 is 17.6 Å². The molecular weight excluding hydrogens is 275 g/mol. The largest absolute Gasteiger partial charge is 0.368 e. The lowest BCUT2D eigenvalue weighted by Gasteiger charge is -2.05. The number of halogens is 1. The van der Waals surface area contributed by atoms with E-state index in [4.69, 9.17) is 5.26 Å². The van der Waals surface area contributed by atoms with Crippen molar-refractivity contribution in [3.05, 3.63) is 53.5 Å². The Balaban J connectivity index is 1.69. The second-order valence-electron chi connectivity index (χ2n) is 3.99. The number of hydrogen-bond acceptors (Lipinski definition) is 5. The number of anilines is 1. The summed E-state index contributed by atoms with van der Waals surface area (Å²) in [6.07, 6.45) is 0. The minimum Gasteiger partial charge on any atom is -0.368 e. The summed E-state index contributed by atoms with van der Waals surface area (Å²) in [5.74, 6) is 1.95. The van der Waals surface area contributed by atoms with Gasteiger partial charge in [-0.05, 0) is 23.8 Å². The molecule has 0 fully saturated rings. The lowest BCUT2D eigenvalue weighted by atomic mass is 10.2. The fraction of sp³-hybridized carbons (Fsp3) is 0.214. The first-order valence-electron chi connectivity index (χ1n) is 6.08. The van der Waals surface area contributed by atoms with Gasteiger partial charge in [0.05, 0.1) is 0 Å². The SMILES string of the molecule is N#Cc1ccc(NCCSCc2ccccc2F)nn1. The molecule has 0 atom stereocenters. The van der Waals surface area contributed by atoms with Gasteiger partial charge in [0.25, 0.3) is 0 Å². The molecule has 0 saturated heterocycles. The maximum Gasteiger partial charge on any atom is 0.163 e. The summed E-state index contributed by atoms with van der Waals surface area (Å²) in [5.41, 5.74) is 1.01. The Morgan fingerprint density at radius 3 is 2.75 bits per heavy atom. The van der Waals surface area contributed by atoms with Crippen LogP contribution in [0.25, 0.3) is 0 Å². The van der Waals surface area contributed by atoms with Gasteiger partial charge in [0.2, 0.25) is 0 Å². The molecule has 0 unspecified atom stereocenters. The molecule has 2 rings (SSSR count). The number of hydrogen-bond donors (Lipinski definition) is 1. The monoisotopic (exact) mass is 288 g/mol. The van der Waals surface area contributed by atoms with Crippen molar-refractivity contribution in [2.75, 3.05) is 17.6 Å². The summed E-state index contributed by atoms with van der Waals surface area (Å²) in [5, 5.41) is 19.3. The quantitative estimate of drug-likeness (QED) is 0.828. The Bertz CT molecular complexity index is 595. The van der Waals surface area contributed by atoms with Crippen molar-refractivity contribution in [2.45, 2.75) is 5.75 Å². The summed E-state index contributed by atoms with van der Waals surface area (Å²) in [6, 6.07) is 12.0. The Labute approximate surface area is 121 Å². The third kappa shape index (κ3) is 4.21. The number of nitrogens with one attached hydrogen (secondary N) is 1. The van der Waals surface area contributed by atoms with Crippen LogP contribution in [-0.2, 0) is 5.75 Å². The van der Waals surface area contributed by atoms with Crippen molar-refractivity contribution in [3.8, 4) is 6.07 Å². The van der Waals surface area contributed by atoms with E-state index in [9.17, 15) is 4.39 Å². The fourth-order valence-corrected chi connectivity index (χ4v) is 2.38. The smallest absolute Gasteiger partial charge is 0.163 e. The number of rotatable bonds is 6. The van der Waals surface area contributed by atoms with Gasteiger partial charge >= 0.3 is 0 Å². The van der Waals surface area contributed by atoms with E-state index in [0.717, 1.165) is 11.3 Å². The first-order chi connectivity index (χ1) is 9.79. The average Bonchev–Trinajstić information content (AvgIpc) is 2.49. The van der Waals surface area contributed by atoms with E-state index >= 15 is 0 Å². The zero-order valence-electron chi connectivity index (χ0n) is 10.7. The van der Waals surface area contributed by atoms with Crippen LogP contribution in [0, 0.1) is 17.1 Å². The minimum atomic E-state index is -0.161. The minimum absolute atomic E-state index is 0.161. The molecule has 102 valence electrons. The molecule has 20 heavy (non-hydrogen) atoms. The molecule has 0 aliphatic carbocycles. The molecular formula is C14H13FN4S. The third-order valence-corrected chi connectivity index (χ3v) is 3.55. The zero-order valence-corrected chi connectivity index (χ0v) is 11.5. The number of aromatic nitrogens is 2. The highest BCUT2D eigenvalue weighted by molar-refractivity contribution is 7.98. The third-order valence-electron chi connectivity index (χ3n) is 2.55. The number of nitrogens with zero attached hydrogens (tertiary/aromatic N) is 3. The van der Waals surface area contributed by atoms with Crippen LogP contribution in [-0.4, -0.2) is 22.5 Å². The van der Waals surface area contributed by atoms with Gasteiger partial charge in [-0.2, -0.15) is 17.0 Å². The Hall–Kier alpha value is -2.13. The standard InChI is InChI=1S/C14H13FN4S/c15-13-4-2-1-3-11(13)10-20-8-7-17-14-6-5-12(9-16)18-19-14/h1-6H,7-8,10H2,(H,17,19). The molecule has 1 N–H and O–H groups in total. The zero-order chi connectivity index (χ0) is 14.2. The summed E-state index contributed by atoms with van der Waals surface area (Å²) < 4.78 is 13.4. The Morgan fingerprint density at radius 2 is 2.05 bits per heavy atom. The first kappa shape index (κ1) is 14.3. The summed E-state index contributed by atoms with van der Waals surface area (Å²) in [4.78, 5) is 0. The summed E-state index contributed by atoms with van der Waals surface area (Å²) >= 11 is 1.64. The Morgan fingerprint density at radius 1 is 1.20 bits per heavy atom. The van der Waals surface area contributed by atoms with Gasteiger partial charge in [0, 0.05) is 18.1 Å². The maximum absolute atomic E-state index is 13.4. The molecule has 4 nitrogen and oxygen atoms in total. The number of nitriles is 1. The van der Waals surface area contributed by atoms with Crippen LogP contribution in [0.4, 0.5) is 10.2 Å². The van der Waals surface area contributed by atoms with E-state index in [-0.39, 0.29) is 5.82 Å².